The number of alkyl halides is 3. The number of hydrogen-bond acceptors (Lipinski definition) is 4. The van der Waals surface area contributed by atoms with E-state index in [1.165, 1.54) is 12.1 Å². The number of hydrazone groups is 1. The Morgan fingerprint density at radius 3 is 2.48 bits per heavy atom. The number of halogens is 3. The van der Waals surface area contributed by atoms with Gasteiger partial charge in [0.2, 0.25) is 5.91 Å². The van der Waals surface area contributed by atoms with Crippen molar-refractivity contribution < 1.29 is 18.0 Å². The number of nitrogens with zero attached hydrogens (tertiary/aromatic N) is 3. The summed E-state index contributed by atoms with van der Waals surface area (Å²) in [6.45, 7) is 1.82. The van der Waals surface area contributed by atoms with E-state index in [0.717, 1.165) is 11.6 Å². The highest BCUT2D eigenvalue weighted by Crippen LogP contribution is 2.36. The normalized spacial score (nSPS) is 16.1. The molecule has 1 amide bonds. The highest BCUT2D eigenvalue weighted by atomic mass is 19.4. The number of amides is 1. The Labute approximate surface area is 154 Å². The standard InChI is InChI=1S/C19H17F3N4O/c1-12(13-5-3-2-4-6-13)23-24-14-7-8-15(16(11-14)19(20,21)22)17-9-10-18(27)26-25-17/h2-8,11-12H,9-10H2,1H3,(H,26,27). The molecule has 2 aromatic rings. The second-order valence-corrected chi connectivity index (χ2v) is 6.12. The molecule has 0 aromatic heterocycles. The van der Waals surface area contributed by atoms with Gasteiger partial charge in [0.05, 0.1) is 23.0 Å². The van der Waals surface area contributed by atoms with Crippen LogP contribution in [0.4, 0.5) is 18.9 Å². The van der Waals surface area contributed by atoms with Crippen molar-refractivity contribution in [1.82, 2.24) is 5.43 Å². The van der Waals surface area contributed by atoms with Crippen LogP contribution in [0, 0.1) is 0 Å². The molecule has 1 N–H and O–H groups in total. The first kappa shape index (κ1) is 18.8. The van der Waals surface area contributed by atoms with Gasteiger partial charge in [0.25, 0.3) is 0 Å². The van der Waals surface area contributed by atoms with Crippen LogP contribution in [-0.2, 0) is 11.0 Å². The molecule has 3 rings (SSSR count). The topological polar surface area (TPSA) is 66.2 Å². The number of nitrogens with one attached hydrogen (secondary N) is 1. The van der Waals surface area contributed by atoms with E-state index < -0.39 is 11.7 Å². The van der Waals surface area contributed by atoms with Gasteiger partial charge in [-0.15, -0.1) is 0 Å². The minimum absolute atomic E-state index is 0.0578. The van der Waals surface area contributed by atoms with E-state index in [0.29, 0.717) is 0 Å². The molecule has 0 fully saturated rings. The van der Waals surface area contributed by atoms with E-state index in [9.17, 15) is 18.0 Å². The molecule has 1 aliphatic heterocycles. The Morgan fingerprint density at radius 2 is 1.85 bits per heavy atom. The van der Waals surface area contributed by atoms with Crippen LogP contribution in [0.3, 0.4) is 0 Å². The minimum atomic E-state index is -4.57. The molecule has 5 nitrogen and oxygen atoms in total. The molecule has 0 saturated heterocycles. The van der Waals surface area contributed by atoms with Crippen LogP contribution in [0.2, 0.25) is 0 Å². The number of azo groups is 1. The summed E-state index contributed by atoms with van der Waals surface area (Å²) >= 11 is 0. The lowest BCUT2D eigenvalue weighted by Crippen LogP contribution is -2.27. The van der Waals surface area contributed by atoms with Gasteiger partial charge in [-0.05, 0) is 24.6 Å². The molecule has 27 heavy (non-hydrogen) atoms. The molecule has 1 unspecified atom stereocenters. The van der Waals surface area contributed by atoms with Gasteiger partial charge in [-0.1, -0.05) is 36.4 Å². The van der Waals surface area contributed by atoms with E-state index in [-0.39, 0.29) is 41.8 Å². The Bertz CT molecular complexity index is 892. The molecule has 8 heteroatoms. The second-order valence-electron chi connectivity index (χ2n) is 6.12. The predicted octanol–water partition coefficient (Wildman–Crippen LogP) is 5.16. The lowest BCUT2D eigenvalue weighted by molar-refractivity contribution is -0.137. The van der Waals surface area contributed by atoms with Crippen LogP contribution >= 0.6 is 0 Å². The first-order valence-corrected chi connectivity index (χ1v) is 8.37. The van der Waals surface area contributed by atoms with Crippen molar-refractivity contribution in [3.63, 3.8) is 0 Å². The lowest BCUT2D eigenvalue weighted by atomic mass is 9.98. The van der Waals surface area contributed by atoms with Crippen LogP contribution in [0.25, 0.3) is 0 Å². The summed E-state index contributed by atoms with van der Waals surface area (Å²) in [6, 6.07) is 12.8. The van der Waals surface area contributed by atoms with Crippen molar-refractivity contribution >= 4 is 17.3 Å². The van der Waals surface area contributed by atoms with Gasteiger partial charge < -0.3 is 0 Å². The Hall–Kier alpha value is -3.03. The largest absolute Gasteiger partial charge is 0.417 e. The molecule has 2 aromatic carbocycles. The maximum atomic E-state index is 13.5. The van der Waals surface area contributed by atoms with Crippen LogP contribution in [0.1, 0.15) is 42.5 Å². The number of hydrogen-bond donors (Lipinski definition) is 1. The Balaban J connectivity index is 1.90. The van der Waals surface area contributed by atoms with Gasteiger partial charge in [-0.25, -0.2) is 5.43 Å². The molecular formula is C19H17F3N4O. The summed E-state index contributed by atoms with van der Waals surface area (Å²) < 4.78 is 40.5. The van der Waals surface area contributed by atoms with Crippen LogP contribution in [0.5, 0.6) is 0 Å². The molecule has 0 spiro atoms. The second kappa shape index (κ2) is 7.69. The summed E-state index contributed by atoms with van der Waals surface area (Å²) in [6.07, 6.45) is -4.32. The zero-order chi connectivity index (χ0) is 19.4. The average molecular weight is 374 g/mol. The van der Waals surface area contributed by atoms with Gasteiger partial charge in [-0.2, -0.15) is 28.5 Å². The highest BCUT2D eigenvalue weighted by Gasteiger charge is 2.35. The summed E-state index contributed by atoms with van der Waals surface area (Å²) in [4.78, 5) is 11.2. The van der Waals surface area contributed by atoms with Crippen LogP contribution < -0.4 is 5.43 Å². The fourth-order valence-electron chi connectivity index (χ4n) is 2.70. The number of rotatable bonds is 4. The fraction of sp³-hybridized carbons (Fsp3) is 0.263. The number of benzene rings is 2. The van der Waals surface area contributed by atoms with Crippen molar-refractivity contribution in [3.05, 3.63) is 65.2 Å². The fourth-order valence-corrected chi connectivity index (χ4v) is 2.70. The first-order valence-electron chi connectivity index (χ1n) is 8.37. The lowest BCUT2D eigenvalue weighted by Gasteiger charge is -2.17. The molecule has 0 aliphatic carbocycles. The van der Waals surface area contributed by atoms with Crippen molar-refractivity contribution in [3.8, 4) is 0 Å². The zero-order valence-electron chi connectivity index (χ0n) is 14.5. The molecule has 1 heterocycles. The third-order valence-corrected chi connectivity index (χ3v) is 4.15. The van der Waals surface area contributed by atoms with E-state index >= 15 is 0 Å². The van der Waals surface area contributed by atoms with Crippen molar-refractivity contribution in [2.45, 2.75) is 32.0 Å². The monoisotopic (exact) mass is 374 g/mol. The molecule has 0 bridgehead atoms. The molecule has 1 aliphatic rings. The smallest absolute Gasteiger partial charge is 0.273 e. The van der Waals surface area contributed by atoms with E-state index in [4.69, 9.17) is 0 Å². The third kappa shape index (κ3) is 4.58. The summed E-state index contributed by atoms with van der Waals surface area (Å²) in [5.41, 5.74) is 2.54. The Kier molecular flexibility index (Phi) is 5.34. The predicted molar refractivity (Wildman–Crippen MR) is 94.7 cm³/mol. The summed E-state index contributed by atoms with van der Waals surface area (Å²) in [7, 11) is 0. The molecule has 1 atom stereocenters. The van der Waals surface area contributed by atoms with Crippen molar-refractivity contribution in [2.75, 3.05) is 0 Å². The molecule has 140 valence electrons. The zero-order valence-corrected chi connectivity index (χ0v) is 14.5. The van der Waals surface area contributed by atoms with Crippen molar-refractivity contribution in [1.29, 1.82) is 0 Å². The van der Waals surface area contributed by atoms with Gasteiger partial charge in [-0.3, -0.25) is 4.79 Å². The van der Waals surface area contributed by atoms with Gasteiger partial charge >= 0.3 is 6.18 Å². The van der Waals surface area contributed by atoms with Crippen LogP contribution in [0.15, 0.2) is 63.9 Å². The van der Waals surface area contributed by atoms with E-state index in [1.54, 1.807) is 0 Å². The third-order valence-electron chi connectivity index (χ3n) is 4.15. The van der Waals surface area contributed by atoms with Gasteiger partial charge in [0, 0.05) is 18.4 Å². The average Bonchev–Trinajstić information content (AvgIpc) is 2.66. The number of carbonyl (C=O) groups is 1. The van der Waals surface area contributed by atoms with E-state index in [2.05, 4.69) is 20.8 Å². The SMILES string of the molecule is CC(N=Nc1ccc(C2=NNC(=O)CC2)c(C(F)(F)F)c1)c1ccccc1. The quantitative estimate of drug-likeness (QED) is 0.738. The summed E-state index contributed by atoms with van der Waals surface area (Å²) in [5.74, 6) is -0.312. The van der Waals surface area contributed by atoms with Crippen LogP contribution in [-0.4, -0.2) is 11.6 Å². The van der Waals surface area contributed by atoms with Crippen molar-refractivity contribution in [2.24, 2.45) is 15.3 Å². The first-order chi connectivity index (χ1) is 12.8. The van der Waals surface area contributed by atoms with E-state index in [1.807, 2.05) is 37.3 Å². The molecular weight excluding hydrogens is 357 g/mol. The summed E-state index contributed by atoms with van der Waals surface area (Å²) in [5, 5.41) is 11.8. The maximum absolute atomic E-state index is 13.5. The number of carbonyl (C=O) groups excluding carboxylic acids is 1. The van der Waals surface area contributed by atoms with Gasteiger partial charge in [0.1, 0.15) is 0 Å². The van der Waals surface area contributed by atoms with Gasteiger partial charge in [0.15, 0.2) is 0 Å². The Morgan fingerprint density at radius 1 is 1.11 bits per heavy atom. The highest BCUT2D eigenvalue weighted by molar-refractivity contribution is 6.05. The maximum Gasteiger partial charge on any atom is 0.417 e. The molecule has 0 saturated carbocycles. The molecule has 0 radical (unpaired) electrons. The minimum Gasteiger partial charge on any atom is -0.273 e.